The first kappa shape index (κ1) is 35.6. The summed E-state index contributed by atoms with van der Waals surface area (Å²) in [7, 11) is 1.14. The largest absolute Gasteiger partial charge is 0.497 e. The lowest BCUT2D eigenvalue weighted by molar-refractivity contribution is -0.139. The number of anilines is 1. The highest BCUT2D eigenvalue weighted by Gasteiger charge is 2.35. The maximum Gasteiger partial charge on any atom is 0.265 e. The van der Waals surface area contributed by atoms with Crippen molar-refractivity contribution in [2.24, 2.45) is 0 Å². The molecular formula is C31H37Cl2N3O8S. The van der Waals surface area contributed by atoms with Gasteiger partial charge in [-0.05, 0) is 62.7 Å². The molecule has 0 fully saturated rings. The number of hydrogen-bond acceptors (Lipinski definition) is 8. The van der Waals surface area contributed by atoms with Crippen molar-refractivity contribution in [3.8, 4) is 23.0 Å². The van der Waals surface area contributed by atoms with E-state index < -0.39 is 34.4 Å². The number of hydrogen-bond donors (Lipinski definition) is 1. The van der Waals surface area contributed by atoms with E-state index in [2.05, 4.69) is 5.32 Å². The summed E-state index contributed by atoms with van der Waals surface area (Å²) in [5.74, 6) is -0.135. The zero-order valence-electron chi connectivity index (χ0n) is 26.1. The summed E-state index contributed by atoms with van der Waals surface area (Å²) in [6.07, 6.45) is 0. The summed E-state index contributed by atoms with van der Waals surface area (Å²) < 4.78 is 51.1. The topological polar surface area (TPSA) is 124 Å². The van der Waals surface area contributed by atoms with Crippen LogP contribution in [-0.4, -0.2) is 72.2 Å². The zero-order valence-corrected chi connectivity index (χ0v) is 28.4. The van der Waals surface area contributed by atoms with E-state index in [0.29, 0.717) is 22.1 Å². The molecule has 0 aliphatic heterocycles. The smallest absolute Gasteiger partial charge is 0.265 e. The average molecular weight is 683 g/mol. The van der Waals surface area contributed by atoms with Crippen LogP contribution >= 0.6 is 23.2 Å². The molecule has 11 nitrogen and oxygen atoms in total. The van der Waals surface area contributed by atoms with Crippen molar-refractivity contribution in [1.82, 2.24) is 10.2 Å². The molecule has 2 amide bonds. The first-order chi connectivity index (χ1) is 21.3. The van der Waals surface area contributed by atoms with E-state index in [0.717, 1.165) is 4.31 Å². The molecule has 0 saturated carbocycles. The van der Waals surface area contributed by atoms with Crippen LogP contribution in [0.1, 0.15) is 26.3 Å². The Morgan fingerprint density at radius 1 is 0.800 bits per heavy atom. The third-order valence-corrected chi connectivity index (χ3v) is 9.31. The highest BCUT2D eigenvalue weighted by Crippen LogP contribution is 2.38. The highest BCUT2D eigenvalue weighted by molar-refractivity contribution is 7.92. The van der Waals surface area contributed by atoms with Crippen molar-refractivity contribution in [2.45, 2.75) is 44.3 Å². The molecule has 0 saturated heterocycles. The fraction of sp³-hybridized carbons (Fsp3) is 0.355. The predicted molar refractivity (Wildman–Crippen MR) is 173 cm³/mol. The highest BCUT2D eigenvalue weighted by atomic mass is 35.5. The molecule has 0 bridgehead atoms. The van der Waals surface area contributed by atoms with Gasteiger partial charge < -0.3 is 29.2 Å². The lowest BCUT2D eigenvalue weighted by Gasteiger charge is -2.32. The molecule has 244 valence electrons. The Morgan fingerprint density at radius 3 is 2.02 bits per heavy atom. The number of rotatable bonds is 14. The number of sulfonamides is 1. The van der Waals surface area contributed by atoms with Crippen LogP contribution in [0, 0.1) is 0 Å². The minimum Gasteiger partial charge on any atom is -0.497 e. The molecule has 0 heterocycles. The second-order valence-electron chi connectivity index (χ2n) is 10.2. The van der Waals surface area contributed by atoms with Crippen LogP contribution < -0.4 is 28.6 Å². The standard InChI is InChI=1S/C31H37Cl2N3O8S/c1-19(2)34-31(38)20(3)35(17-21-8-11-24(32)25(33)14-21)30(37)18-36(26-15-22(41-4)9-12-27(26)42-5)45(39,40)23-10-13-28(43-6)29(16-23)44-7/h8-16,19-20H,17-18H2,1-7H3,(H,34,38)/t20-/m0/s1. The van der Waals surface area contributed by atoms with Gasteiger partial charge in [-0.2, -0.15) is 0 Å². The van der Waals surface area contributed by atoms with Gasteiger partial charge >= 0.3 is 0 Å². The number of halogens is 2. The van der Waals surface area contributed by atoms with Crippen molar-refractivity contribution in [3.63, 3.8) is 0 Å². The summed E-state index contributed by atoms with van der Waals surface area (Å²) in [6, 6.07) is 12.3. The van der Waals surface area contributed by atoms with E-state index in [4.69, 9.17) is 42.1 Å². The molecule has 1 N–H and O–H groups in total. The third kappa shape index (κ3) is 8.44. The van der Waals surface area contributed by atoms with Gasteiger partial charge in [0, 0.05) is 24.7 Å². The van der Waals surface area contributed by atoms with Crippen molar-refractivity contribution in [3.05, 3.63) is 70.2 Å². The number of methoxy groups -OCH3 is 4. The summed E-state index contributed by atoms with van der Waals surface area (Å²) >= 11 is 12.3. The Kier molecular flexibility index (Phi) is 12.2. The minimum absolute atomic E-state index is 0.0359. The molecule has 45 heavy (non-hydrogen) atoms. The van der Waals surface area contributed by atoms with Crippen LogP contribution in [0.2, 0.25) is 10.0 Å². The number of carbonyl (C=O) groups is 2. The Hall–Kier alpha value is -3.87. The van der Waals surface area contributed by atoms with Gasteiger partial charge in [0.25, 0.3) is 10.0 Å². The molecule has 0 unspecified atom stereocenters. The maximum absolute atomic E-state index is 14.4. The number of carbonyl (C=O) groups excluding carboxylic acids is 2. The molecule has 0 radical (unpaired) electrons. The van der Waals surface area contributed by atoms with Gasteiger partial charge in [-0.3, -0.25) is 13.9 Å². The minimum atomic E-state index is -4.47. The van der Waals surface area contributed by atoms with E-state index in [1.807, 2.05) is 0 Å². The molecule has 0 aliphatic rings. The number of ether oxygens (including phenoxy) is 4. The van der Waals surface area contributed by atoms with Crippen molar-refractivity contribution in [1.29, 1.82) is 0 Å². The molecule has 0 aliphatic carbocycles. The van der Waals surface area contributed by atoms with Crippen LogP contribution in [-0.2, 0) is 26.2 Å². The first-order valence-corrected chi connectivity index (χ1v) is 16.0. The van der Waals surface area contributed by atoms with Crippen LogP contribution in [0.3, 0.4) is 0 Å². The quantitative estimate of drug-likeness (QED) is 0.247. The number of amides is 2. The second kappa shape index (κ2) is 15.4. The lowest BCUT2D eigenvalue weighted by Crippen LogP contribution is -2.52. The van der Waals surface area contributed by atoms with Crippen LogP contribution in [0.25, 0.3) is 0 Å². The van der Waals surface area contributed by atoms with Crippen molar-refractivity contribution in [2.75, 3.05) is 39.3 Å². The molecule has 1 atom stereocenters. The Balaban J connectivity index is 2.18. The van der Waals surface area contributed by atoms with Gasteiger partial charge in [0.15, 0.2) is 11.5 Å². The number of nitrogens with one attached hydrogen (secondary N) is 1. The van der Waals surface area contributed by atoms with Gasteiger partial charge in [-0.15, -0.1) is 0 Å². The van der Waals surface area contributed by atoms with E-state index in [-0.39, 0.29) is 39.7 Å². The van der Waals surface area contributed by atoms with E-state index in [9.17, 15) is 18.0 Å². The fourth-order valence-electron chi connectivity index (χ4n) is 4.43. The maximum atomic E-state index is 14.4. The molecule has 0 aromatic heterocycles. The normalized spacial score (nSPS) is 11.9. The number of nitrogens with zero attached hydrogens (tertiary/aromatic N) is 2. The number of benzene rings is 3. The van der Waals surface area contributed by atoms with Crippen molar-refractivity contribution >= 4 is 50.7 Å². The van der Waals surface area contributed by atoms with Crippen LogP contribution in [0.15, 0.2) is 59.5 Å². The van der Waals surface area contributed by atoms with E-state index in [1.54, 1.807) is 45.0 Å². The molecule has 0 spiro atoms. The lowest BCUT2D eigenvalue weighted by atomic mass is 10.1. The van der Waals surface area contributed by atoms with Gasteiger partial charge in [0.05, 0.1) is 49.1 Å². The average Bonchev–Trinajstić information content (AvgIpc) is 3.02. The van der Waals surface area contributed by atoms with Gasteiger partial charge in [-0.25, -0.2) is 8.42 Å². The van der Waals surface area contributed by atoms with Crippen LogP contribution in [0.5, 0.6) is 23.0 Å². The molecule has 3 rings (SSSR count). The third-order valence-electron chi connectivity index (χ3n) is 6.81. The van der Waals surface area contributed by atoms with E-state index in [1.165, 1.54) is 63.7 Å². The first-order valence-electron chi connectivity index (χ1n) is 13.8. The van der Waals surface area contributed by atoms with Crippen LogP contribution in [0.4, 0.5) is 5.69 Å². The summed E-state index contributed by atoms with van der Waals surface area (Å²) in [6.45, 7) is 4.37. The summed E-state index contributed by atoms with van der Waals surface area (Å²) in [5.41, 5.74) is 0.615. The Bertz CT molecular complexity index is 1640. The van der Waals surface area contributed by atoms with Gasteiger partial charge in [-0.1, -0.05) is 29.3 Å². The van der Waals surface area contributed by atoms with Gasteiger partial charge in [0.1, 0.15) is 24.1 Å². The molecular weight excluding hydrogens is 645 g/mol. The Morgan fingerprint density at radius 2 is 1.44 bits per heavy atom. The summed E-state index contributed by atoms with van der Waals surface area (Å²) in [5, 5.41) is 3.39. The fourth-order valence-corrected chi connectivity index (χ4v) is 6.18. The predicted octanol–water partition coefficient (Wildman–Crippen LogP) is 5.17. The van der Waals surface area contributed by atoms with Crippen molar-refractivity contribution < 1.29 is 37.0 Å². The molecule has 14 heteroatoms. The SMILES string of the molecule is COc1ccc(OC)c(N(CC(=O)N(Cc2ccc(Cl)c(Cl)c2)[C@@H](C)C(=O)NC(C)C)S(=O)(=O)c2ccc(OC)c(OC)c2)c1. The summed E-state index contributed by atoms with van der Waals surface area (Å²) in [4.78, 5) is 28.5. The van der Waals surface area contributed by atoms with Gasteiger partial charge in [0.2, 0.25) is 11.8 Å². The second-order valence-corrected chi connectivity index (χ2v) is 12.9. The van der Waals surface area contributed by atoms with E-state index >= 15 is 0 Å². The monoisotopic (exact) mass is 681 g/mol. The Labute approximate surface area is 274 Å². The zero-order chi connectivity index (χ0) is 33.5. The molecule has 3 aromatic rings. The molecule has 3 aromatic carbocycles.